The van der Waals surface area contributed by atoms with Crippen LogP contribution in [0, 0.1) is 5.92 Å². The van der Waals surface area contributed by atoms with Crippen molar-refractivity contribution in [2.75, 3.05) is 13.7 Å². The first-order valence-corrected chi connectivity index (χ1v) is 8.23. The van der Waals surface area contributed by atoms with E-state index in [0.717, 1.165) is 37.6 Å². The van der Waals surface area contributed by atoms with Gasteiger partial charge in [0.05, 0.1) is 13.7 Å². The summed E-state index contributed by atoms with van der Waals surface area (Å²) in [7, 11) is 1.68. The van der Waals surface area contributed by atoms with Crippen molar-refractivity contribution in [2.45, 2.75) is 33.4 Å². The van der Waals surface area contributed by atoms with Crippen LogP contribution in [0.4, 0.5) is 0 Å². The molecule has 0 aliphatic carbocycles. The van der Waals surface area contributed by atoms with Crippen molar-refractivity contribution < 1.29 is 9.47 Å². The SMILES string of the molecule is COc1ccc(CNCc2cccc(OCCC(C)C)c2)cc1. The Hall–Kier alpha value is -2.00. The van der Waals surface area contributed by atoms with Gasteiger partial charge in [0.15, 0.2) is 0 Å². The number of benzene rings is 2. The fourth-order valence-corrected chi connectivity index (χ4v) is 2.25. The molecule has 0 unspecified atom stereocenters. The maximum atomic E-state index is 5.81. The Labute approximate surface area is 139 Å². The Balaban J connectivity index is 1.78. The lowest BCUT2D eigenvalue weighted by Crippen LogP contribution is -2.12. The van der Waals surface area contributed by atoms with Crippen LogP contribution in [0.3, 0.4) is 0 Å². The Morgan fingerprint density at radius 3 is 2.35 bits per heavy atom. The molecule has 3 heteroatoms. The van der Waals surface area contributed by atoms with Crippen LogP contribution < -0.4 is 14.8 Å². The molecule has 0 aliphatic heterocycles. The summed E-state index contributed by atoms with van der Waals surface area (Å²) in [6.07, 6.45) is 1.08. The van der Waals surface area contributed by atoms with Gasteiger partial charge in [0.2, 0.25) is 0 Å². The zero-order chi connectivity index (χ0) is 16.5. The van der Waals surface area contributed by atoms with Gasteiger partial charge in [-0.3, -0.25) is 0 Å². The Morgan fingerprint density at radius 1 is 0.913 bits per heavy atom. The highest BCUT2D eigenvalue weighted by Gasteiger charge is 2.00. The van der Waals surface area contributed by atoms with Crippen molar-refractivity contribution in [3.63, 3.8) is 0 Å². The van der Waals surface area contributed by atoms with E-state index < -0.39 is 0 Å². The van der Waals surface area contributed by atoms with E-state index in [1.54, 1.807) is 7.11 Å². The van der Waals surface area contributed by atoms with E-state index in [4.69, 9.17) is 9.47 Å². The van der Waals surface area contributed by atoms with Crippen LogP contribution in [-0.4, -0.2) is 13.7 Å². The van der Waals surface area contributed by atoms with Gasteiger partial charge in [-0.1, -0.05) is 38.1 Å². The number of hydrogen-bond acceptors (Lipinski definition) is 3. The lowest BCUT2D eigenvalue weighted by atomic mass is 10.1. The van der Waals surface area contributed by atoms with Gasteiger partial charge >= 0.3 is 0 Å². The van der Waals surface area contributed by atoms with E-state index in [-0.39, 0.29) is 0 Å². The van der Waals surface area contributed by atoms with Crippen molar-refractivity contribution in [3.8, 4) is 11.5 Å². The van der Waals surface area contributed by atoms with Crippen LogP contribution >= 0.6 is 0 Å². The van der Waals surface area contributed by atoms with Gasteiger partial charge in [-0.05, 0) is 47.7 Å². The first kappa shape index (κ1) is 17.4. The number of ether oxygens (including phenoxy) is 2. The topological polar surface area (TPSA) is 30.5 Å². The minimum atomic E-state index is 0.671. The fourth-order valence-electron chi connectivity index (χ4n) is 2.25. The van der Waals surface area contributed by atoms with E-state index >= 15 is 0 Å². The van der Waals surface area contributed by atoms with E-state index in [0.29, 0.717) is 5.92 Å². The molecule has 124 valence electrons. The second-order valence-electron chi connectivity index (χ2n) is 6.13. The molecular weight excluding hydrogens is 286 g/mol. The lowest BCUT2D eigenvalue weighted by molar-refractivity contribution is 0.289. The van der Waals surface area contributed by atoms with Crippen LogP contribution in [0.1, 0.15) is 31.4 Å². The summed E-state index contributed by atoms with van der Waals surface area (Å²) in [4.78, 5) is 0. The molecule has 2 rings (SSSR count). The summed E-state index contributed by atoms with van der Waals surface area (Å²) in [5.41, 5.74) is 2.48. The van der Waals surface area contributed by atoms with Gasteiger partial charge in [-0.15, -0.1) is 0 Å². The highest BCUT2D eigenvalue weighted by atomic mass is 16.5. The molecule has 0 bridgehead atoms. The number of methoxy groups -OCH3 is 1. The quantitative estimate of drug-likeness (QED) is 0.744. The summed E-state index contributed by atoms with van der Waals surface area (Å²) in [6, 6.07) is 16.4. The molecule has 0 saturated carbocycles. The van der Waals surface area contributed by atoms with Crippen LogP contribution in [-0.2, 0) is 13.1 Å². The Morgan fingerprint density at radius 2 is 1.65 bits per heavy atom. The molecule has 0 saturated heterocycles. The predicted octanol–water partition coefficient (Wildman–Crippen LogP) is 4.41. The molecule has 0 amide bonds. The summed E-state index contributed by atoms with van der Waals surface area (Å²) in [6.45, 7) is 6.86. The van der Waals surface area contributed by atoms with E-state index in [1.165, 1.54) is 11.1 Å². The Kier molecular flexibility index (Phi) is 6.95. The largest absolute Gasteiger partial charge is 0.497 e. The first-order chi connectivity index (χ1) is 11.2. The fraction of sp³-hybridized carbons (Fsp3) is 0.400. The van der Waals surface area contributed by atoms with Gasteiger partial charge in [-0.25, -0.2) is 0 Å². The second-order valence-corrected chi connectivity index (χ2v) is 6.13. The molecule has 0 atom stereocenters. The smallest absolute Gasteiger partial charge is 0.119 e. The molecule has 0 radical (unpaired) electrons. The second kappa shape index (κ2) is 9.21. The molecule has 2 aromatic rings. The van der Waals surface area contributed by atoms with Gasteiger partial charge in [0.1, 0.15) is 11.5 Å². The molecule has 23 heavy (non-hydrogen) atoms. The maximum absolute atomic E-state index is 5.81. The molecule has 3 nitrogen and oxygen atoms in total. The normalized spacial score (nSPS) is 10.8. The third-order valence-electron chi connectivity index (χ3n) is 3.68. The maximum Gasteiger partial charge on any atom is 0.119 e. The van der Waals surface area contributed by atoms with Crippen LogP contribution in [0.15, 0.2) is 48.5 Å². The predicted molar refractivity (Wildman–Crippen MR) is 94.9 cm³/mol. The van der Waals surface area contributed by atoms with Crippen molar-refractivity contribution in [1.29, 1.82) is 0 Å². The molecule has 0 aliphatic rings. The average Bonchev–Trinajstić information content (AvgIpc) is 2.56. The Bertz CT molecular complexity index is 578. The van der Waals surface area contributed by atoms with E-state index in [1.807, 2.05) is 18.2 Å². The molecule has 0 heterocycles. The van der Waals surface area contributed by atoms with Gasteiger partial charge in [-0.2, -0.15) is 0 Å². The zero-order valence-electron chi connectivity index (χ0n) is 14.3. The summed E-state index contributed by atoms with van der Waals surface area (Å²) in [5.74, 6) is 2.51. The average molecular weight is 313 g/mol. The minimum absolute atomic E-state index is 0.671. The van der Waals surface area contributed by atoms with Gasteiger partial charge in [0.25, 0.3) is 0 Å². The summed E-state index contributed by atoms with van der Waals surface area (Å²) in [5, 5.41) is 3.46. The third kappa shape index (κ3) is 6.33. The highest BCUT2D eigenvalue weighted by Crippen LogP contribution is 2.15. The van der Waals surface area contributed by atoms with Crippen LogP contribution in [0.25, 0.3) is 0 Å². The first-order valence-electron chi connectivity index (χ1n) is 8.23. The number of rotatable bonds is 9. The third-order valence-corrected chi connectivity index (χ3v) is 3.68. The van der Waals surface area contributed by atoms with Crippen LogP contribution in [0.2, 0.25) is 0 Å². The molecule has 0 aromatic heterocycles. The monoisotopic (exact) mass is 313 g/mol. The van der Waals surface area contributed by atoms with Gasteiger partial charge in [0, 0.05) is 13.1 Å². The minimum Gasteiger partial charge on any atom is -0.497 e. The van der Waals surface area contributed by atoms with Gasteiger partial charge < -0.3 is 14.8 Å². The van der Waals surface area contributed by atoms with Crippen molar-refractivity contribution in [2.24, 2.45) is 5.92 Å². The standard InChI is InChI=1S/C20H27NO2/c1-16(2)11-12-23-20-6-4-5-18(13-20)15-21-14-17-7-9-19(22-3)10-8-17/h4-10,13,16,21H,11-12,14-15H2,1-3H3. The highest BCUT2D eigenvalue weighted by molar-refractivity contribution is 5.29. The molecule has 2 aromatic carbocycles. The van der Waals surface area contributed by atoms with Crippen molar-refractivity contribution >= 4 is 0 Å². The summed E-state index contributed by atoms with van der Waals surface area (Å²) < 4.78 is 11.0. The lowest BCUT2D eigenvalue weighted by Gasteiger charge is -2.10. The number of hydrogen-bond donors (Lipinski definition) is 1. The van der Waals surface area contributed by atoms with E-state index in [9.17, 15) is 0 Å². The van der Waals surface area contributed by atoms with Crippen molar-refractivity contribution in [1.82, 2.24) is 5.32 Å². The molecule has 0 fully saturated rings. The molecule has 1 N–H and O–H groups in total. The summed E-state index contributed by atoms with van der Waals surface area (Å²) >= 11 is 0. The van der Waals surface area contributed by atoms with Crippen LogP contribution in [0.5, 0.6) is 11.5 Å². The van der Waals surface area contributed by atoms with E-state index in [2.05, 4.69) is 49.5 Å². The number of nitrogens with one attached hydrogen (secondary N) is 1. The zero-order valence-corrected chi connectivity index (χ0v) is 14.3. The van der Waals surface area contributed by atoms with Crippen molar-refractivity contribution in [3.05, 3.63) is 59.7 Å². The molecular formula is C20H27NO2. The molecule has 0 spiro atoms.